The van der Waals surface area contributed by atoms with Gasteiger partial charge >= 0.3 is 0 Å². The first-order chi connectivity index (χ1) is 25.2. The SMILES string of the molecule is CCCCCCCCCCCCCCCCN(Cc1ccc[n+](CCC)c1)Cc1cccc(OC)c1OCCCCCCCCCCCCCC. The number of methoxy groups -OCH3 is 1. The van der Waals surface area contributed by atoms with Crippen molar-refractivity contribution in [1.82, 2.24) is 4.90 Å². The summed E-state index contributed by atoms with van der Waals surface area (Å²) >= 11 is 0. The van der Waals surface area contributed by atoms with Crippen LogP contribution in [0.2, 0.25) is 0 Å². The molecule has 4 heteroatoms. The van der Waals surface area contributed by atoms with Gasteiger partial charge < -0.3 is 9.47 Å². The molecule has 0 fully saturated rings. The van der Waals surface area contributed by atoms with Crippen LogP contribution in [0, 0.1) is 0 Å². The molecule has 0 aliphatic carbocycles. The second-order valence-corrected chi connectivity index (χ2v) is 15.4. The van der Waals surface area contributed by atoms with Crippen molar-refractivity contribution in [2.75, 3.05) is 20.3 Å². The first-order valence-corrected chi connectivity index (χ1v) is 22.2. The van der Waals surface area contributed by atoms with Crippen LogP contribution in [0.15, 0.2) is 42.7 Å². The predicted octanol–water partition coefficient (Wildman–Crippen LogP) is 14.0. The number of para-hydroxylation sites is 1. The third-order valence-corrected chi connectivity index (χ3v) is 10.6. The lowest BCUT2D eigenvalue weighted by Gasteiger charge is -2.24. The second-order valence-electron chi connectivity index (χ2n) is 15.4. The molecular formula is C47H83N2O2+. The third kappa shape index (κ3) is 23.3. The van der Waals surface area contributed by atoms with Crippen LogP contribution in [-0.4, -0.2) is 25.2 Å². The number of aromatic nitrogens is 1. The maximum atomic E-state index is 6.52. The zero-order chi connectivity index (χ0) is 36.5. The van der Waals surface area contributed by atoms with E-state index in [4.69, 9.17) is 9.47 Å². The van der Waals surface area contributed by atoms with E-state index in [2.05, 4.69) is 73.0 Å². The minimum absolute atomic E-state index is 0.763. The Morgan fingerprint density at radius 3 is 1.55 bits per heavy atom. The van der Waals surface area contributed by atoms with E-state index >= 15 is 0 Å². The smallest absolute Gasteiger partial charge is 0.173 e. The van der Waals surface area contributed by atoms with Crippen molar-refractivity contribution in [2.45, 2.75) is 214 Å². The average Bonchev–Trinajstić information content (AvgIpc) is 3.14. The molecule has 0 saturated heterocycles. The first kappa shape index (κ1) is 45.1. The fourth-order valence-corrected chi connectivity index (χ4v) is 7.44. The average molecular weight is 708 g/mol. The van der Waals surface area contributed by atoms with Crippen molar-refractivity contribution in [3.63, 3.8) is 0 Å². The maximum Gasteiger partial charge on any atom is 0.173 e. The topological polar surface area (TPSA) is 25.6 Å². The summed E-state index contributed by atoms with van der Waals surface area (Å²) in [5.41, 5.74) is 2.63. The van der Waals surface area contributed by atoms with Gasteiger partial charge in [-0.15, -0.1) is 0 Å². The normalized spacial score (nSPS) is 11.5. The van der Waals surface area contributed by atoms with Crippen molar-refractivity contribution in [3.8, 4) is 11.5 Å². The molecule has 0 saturated carbocycles. The van der Waals surface area contributed by atoms with Crippen LogP contribution >= 0.6 is 0 Å². The molecule has 0 aliphatic rings. The zero-order valence-electron chi connectivity index (χ0n) is 34.4. The van der Waals surface area contributed by atoms with Crippen LogP contribution in [0.25, 0.3) is 0 Å². The van der Waals surface area contributed by atoms with E-state index in [0.717, 1.165) is 57.1 Å². The predicted molar refractivity (Wildman–Crippen MR) is 221 cm³/mol. The second kappa shape index (κ2) is 32.6. The number of rotatable bonds is 36. The van der Waals surface area contributed by atoms with E-state index in [1.165, 1.54) is 172 Å². The molecule has 1 aromatic carbocycles. The highest BCUT2D eigenvalue weighted by molar-refractivity contribution is 5.46. The van der Waals surface area contributed by atoms with Crippen LogP contribution in [0.5, 0.6) is 11.5 Å². The van der Waals surface area contributed by atoms with E-state index < -0.39 is 0 Å². The number of aryl methyl sites for hydroxylation is 1. The summed E-state index contributed by atoms with van der Waals surface area (Å²) in [6, 6.07) is 10.9. The third-order valence-electron chi connectivity index (χ3n) is 10.6. The van der Waals surface area contributed by atoms with Gasteiger partial charge in [-0.05, 0) is 31.5 Å². The molecule has 0 spiro atoms. The summed E-state index contributed by atoms with van der Waals surface area (Å²) in [7, 11) is 1.78. The summed E-state index contributed by atoms with van der Waals surface area (Å²) < 4.78 is 14.7. The Bertz CT molecular complexity index is 1060. The summed E-state index contributed by atoms with van der Waals surface area (Å²) in [4.78, 5) is 2.64. The lowest BCUT2D eigenvalue weighted by molar-refractivity contribution is -0.697. The van der Waals surface area contributed by atoms with Crippen LogP contribution in [-0.2, 0) is 19.6 Å². The lowest BCUT2D eigenvalue weighted by atomic mass is 10.0. The number of unbranched alkanes of at least 4 members (excludes halogenated alkanes) is 24. The fraction of sp³-hybridized carbons (Fsp3) is 0.766. The van der Waals surface area contributed by atoms with E-state index in [1.807, 2.05) is 0 Å². The quantitative estimate of drug-likeness (QED) is 0.0521. The number of benzene rings is 1. The van der Waals surface area contributed by atoms with E-state index in [9.17, 15) is 0 Å². The Hall–Kier alpha value is -2.07. The molecule has 0 N–H and O–H groups in total. The summed E-state index contributed by atoms with van der Waals surface area (Å²) in [5.74, 6) is 1.81. The minimum atomic E-state index is 0.763. The molecule has 2 rings (SSSR count). The van der Waals surface area contributed by atoms with Crippen LogP contribution in [0.1, 0.15) is 205 Å². The molecule has 1 aromatic heterocycles. The number of pyridine rings is 1. The molecule has 51 heavy (non-hydrogen) atoms. The van der Waals surface area contributed by atoms with Gasteiger partial charge in [-0.25, -0.2) is 4.57 Å². The van der Waals surface area contributed by atoms with Gasteiger partial charge in [-0.1, -0.05) is 187 Å². The Morgan fingerprint density at radius 2 is 1.04 bits per heavy atom. The number of nitrogens with zero attached hydrogens (tertiary/aromatic N) is 2. The van der Waals surface area contributed by atoms with Crippen LogP contribution in [0.4, 0.5) is 0 Å². The Kier molecular flexibility index (Phi) is 28.8. The van der Waals surface area contributed by atoms with Gasteiger partial charge in [0.15, 0.2) is 23.9 Å². The molecule has 0 aliphatic heterocycles. The zero-order valence-corrected chi connectivity index (χ0v) is 34.4. The Morgan fingerprint density at radius 1 is 0.529 bits per heavy atom. The van der Waals surface area contributed by atoms with E-state index in [1.54, 1.807) is 7.11 Å². The minimum Gasteiger partial charge on any atom is -0.493 e. The van der Waals surface area contributed by atoms with E-state index in [-0.39, 0.29) is 0 Å². The van der Waals surface area contributed by atoms with Crippen LogP contribution < -0.4 is 14.0 Å². The number of hydrogen-bond donors (Lipinski definition) is 0. The number of ether oxygens (including phenoxy) is 2. The molecule has 0 bridgehead atoms. The van der Waals surface area contributed by atoms with Crippen LogP contribution in [0.3, 0.4) is 0 Å². The molecule has 0 atom stereocenters. The van der Waals surface area contributed by atoms with Gasteiger partial charge in [0.1, 0.15) is 6.54 Å². The van der Waals surface area contributed by atoms with Gasteiger partial charge in [0.25, 0.3) is 0 Å². The highest BCUT2D eigenvalue weighted by atomic mass is 16.5. The highest BCUT2D eigenvalue weighted by Gasteiger charge is 2.16. The maximum absolute atomic E-state index is 6.52. The van der Waals surface area contributed by atoms with Crippen molar-refractivity contribution in [2.24, 2.45) is 0 Å². The Labute approximate surface area is 317 Å². The fourth-order valence-electron chi connectivity index (χ4n) is 7.44. The summed E-state index contributed by atoms with van der Waals surface area (Å²) in [5, 5.41) is 0. The lowest BCUT2D eigenvalue weighted by Crippen LogP contribution is -2.34. The van der Waals surface area contributed by atoms with Gasteiger partial charge in [0.05, 0.1) is 13.7 Å². The summed E-state index contributed by atoms with van der Waals surface area (Å²) in [6.45, 7) is 11.6. The first-order valence-electron chi connectivity index (χ1n) is 22.2. The highest BCUT2D eigenvalue weighted by Crippen LogP contribution is 2.33. The van der Waals surface area contributed by atoms with Gasteiger partial charge in [-0.3, -0.25) is 4.90 Å². The molecule has 2 aromatic rings. The van der Waals surface area contributed by atoms with Gasteiger partial charge in [0.2, 0.25) is 0 Å². The van der Waals surface area contributed by atoms with E-state index in [0.29, 0.717) is 0 Å². The molecule has 0 unspecified atom stereocenters. The molecular weight excluding hydrogens is 625 g/mol. The summed E-state index contributed by atoms with van der Waals surface area (Å²) in [6.07, 6.45) is 41.5. The largest absolute Gasteiger partial charge is 0.493 e. The van der Waals surface area contributed by atoms with Crippen molar-refractivity contribution >= 4 is 0 Å². The van der Waals surface area contributed by atoms with Gasteiger partial charge in [0, 0.05) is 36.7 Å². The monoisotopic (exact) mass is 708 g/mol. The molecule has 4 nitrogen and oxygen atoms in total. The molecule has 0 radical (unpaired) electrons. The molecule has 292 valence electrons. The van der Waals surface area contributed by atoms with Crippen molar-refractivity contribution in [1.29, 1.82) is 0 Å². The van der Waals surface area contributed by atoms with Crippen molar-refractivity contribution in [3.05, 3.63) is 53.9 Å². The van der Waals surface area contributed by atoms with Crippen molar-refractivity contribution < 1.29 is 14.0 Å². The molecule has 1 heterocycles. The molecule has 0 amide bonds. The Balaban J connectivity index is 1.81. The van der Waals surface area contributed by atoms with Gasteiger partial charge in [-0.2, -0.15) is 0 Å². The standard InChI is InChI=1S/C47H83N2O2/c1-5-8-10-12-14-16-18-20-21-22-24-26-28-30-38-49(42-44-34-33-39-48(41-44)37-7-3)43-45-35-32-36-46(50-4)47(45)51-40-31-29-27-25-23-19-17-15-13-11-9-6-2/h32-36,39,41H,5-31,37-38,40,42-43H2,1-4H3/q+1. The number of hydrogen-bond acceptors (Lipinski definition) is 3.